The SMILES string of the molecule is CCOP(=O)(OCC)C(N(OC(C)C(=O)OC(C)C)C(C)(C)C)C(C)(C)C. The second-order valence-corrected chi connectivity index (χ2v) is 10.9. The van der Waals surface area contributed by atoms with Gasteiger partial charge in [0.2, 0.25) is 0 Å². The second-order valence-electron chi connectivity index (χ2n) is 8.84. The van der Waals surface area contributed by atoms with Crippen LogP contribution in [0, 0.1) is 5.41 Å². The van der Waals surface area contributed by atoms with Crippen molar-refractivity contribution >= 4 is 13.6 Å². The van der Waals surface area contributed by atoms with E-state index in [4.69, 9.17) is 18.6 Å². The first-order valence-electron chi connectivity index (χ1n) is 9.65. The van der Waals surface area contributed by atoms with Crippen molar-refractivity contribution in [2.75, 3.05) is 13.2 Å². The lowest BCUT2D eigenvalue weighted by Crippen LogP contribution is -2.55. The van der Waals surface area contributed by atoms with Gasteiger partial charge in [0.05, 0.1) is 19.3 Å². The van der Waals surface area contributed by atoms with Crippen LogP contribution in [0.3, 0.4) is 0 Å². The molecule has 0 aromatic rings. The van der Waals surface area contributed by atoms with Crippen LogP contribution in [0.15, 0.2) is 0 Å². The molecule has 8 heteroatoms. The molecule has 0 rings (SSSR count). The summed E-state index contributed by atoms with van der Waals surface area (Å²) in [5.41, 5.74) is -1.09. The molecule has 0 fully saturated rings. The van der Waals surface area contributed by atoms with Gasteiger partial charge in [0, 0.05) is 5.54 Å². The van der Waals surface area contributed by atoms with Crippen molar-refractivity contribution in [3.8, 4) is 0 Å². The molecule has 2 atom stereocenters. The Labute approximate surface area is 165 Å². The lowest BCUT2D eigenvalue weighted by Gasteiger charge is -2.48. The summed E-state index contributed by atoms with van der Waals surface area (Å²) in [5.74, 6) is -1.20. The van der Waals surface area contributed by atoms with E-state index in [1.807, 2.05) is 41.5 Å². The first-order valence-corrected chi connectivity index (χ1v) is 11.3. The maximum Gasteiger partial charge on any atom is 0.350 e. The van der Waals surface area contributed by atoms with Gasteiger partial charge in [-0.1, -0.05) is 20.8 Å². The first kappa shape index (κ1) is 26.5. The van der Waals surface area contributed by atoms with Crippen LogP contribution in [0.2, 0.25) is 0 Å². The van der Waals surface area contributed by atoms with Gasteiger partial charge in [0.25, 0.3) is 0 Å². The van der Waals surface area contributed by atoms with Gasteiger partial charge < -0.3 is 13.8 Å². The van der Waals surface area contributed by atoms with Crippen molar-refractivity contribution < 1.29 is 28.0 Å². The monoisotopic (exact) mass is 409 g/mol. The molecule has 162 valence electrons. The summed E-state index contributed by atoms with van der Waals surface area (Å²) >= 11 is 0. The van der Waals surface area contributed by atoms with E-state index in [1.165, 1.54) is 0 Å². The van der Waals surface area contributed by atoms with E-state index in [0.717, 1.165) is 0 Å². The van der Waals surface area contributed by atoms with Crippen molar-refractivity contribution in [3.05, 3.63) is 0 Å². The van der Waals surface area contributed by atoms with Gasteiger partial charge in [0.1, 0.15) is 5.78 Å². The van der Waals surface area contributed by atoms with E-state index in [9.17, 15) is 9.36 Å². The largest absolute Gasteiger partial charge is 0.461 e. The highest BCUT2D eigenvalue weighted by Crippen LogP contribution is 2.60. The molecule has 0 aliphatic rings. The maximum absolute atomic E-state index is 13.7. The van der Waals surface area contributed by atoms with Crippen LogP contribution >= 0.6 is 7.60 Å². The molecule has 0 saturated carbocycles. The lowest BCUT2D eigenvalue weighted by atomic mass is 9.94. The first-order chi connectivity index (χ1) is 12.1. The molecule has 0 bridgehead atoms. The van der Waals surface area contributed by atoms with Crippen molar-refractivity contribution in [1.29, 1.82) is 0 Å². The van der Waals surface area contributed by atoms with Crippen molar-refractivity contribution in [1.82, 2.24) is 5.06 Å². The molecule has 0 spiro atoms. The average molecular weight is 410 g/mol. The zero-order valence-electron chi connectivity index (χ0n) is 19.0. The Kier molecular flexibility index (Phi) is 10.2. The van der Waals surface area contributed by atoms with Crippen LogP contribution in [0.1, 0.15) is 76.2 Å². The molecule has 7 nitrogen and oxygen atoms in total. The molecule has 0 heterocycles. The molecular formula is C19H40NO6P. The summed E-state index contributed by atoms with van der Waals surface area (Å²) in [7, 11) is -3.57. The van der Waals surface area contributed by atoms with Gasteiger partial charge >= 0.3 is 13.6 Å². The fourth-order valence-corrected chi connectivity index (χ4v) is 5.30. The minimum atomic E-state index is -3.57. The number of carbonyl (C=O) groups is 1. The fourth-order valence-electron chi connectivity index (χ4n) is 2.62. The van der Waals surface area contributed by atoms with Crippen molar-refractivity contribution in [2.24, 2.45) is 5.41 Å². The smallest absolute Gasteiger partial charge is 0.350 e. The highest BCUT2D eigenvalue weighted by atomic mass is 31.2. The number of ether oxygens (including phenoxy) is 1. The maximum atomic E-state index is 13.7. The predicted molar refractivity (Wildman–Crippen MR) is 107 cm³/mol. The van der Waals surface area contributed by atoms with Gasteiger partial charge in [-0.15, -0.1) is 0 Å². The predicted octanol–water partition coefficient (Wildman–Crippen LogP) is 5.00. The van der Waals surface area contributed by atoms with Gasteiger partial charge in [-0.3, -0.25) is 9.40 Å². The van der Waals surface area contributed by atoms with E-state index < -0.39 is 36.4 Å². The summed E-state index contributed by atoms with van der Waals surface area (Å²) in [4.78, 5) is 18.3. The zero-order valence-corrected chi connectivity index (χ0v) is 19.9. The van der Waals surface area contributed by atoms with Crippen LogP contribution in [0.4, 0.5) is 0 Å². The van der Waals surface area contributed by atoms with E-state index in [2.05, 4.69) is 0 Å². The summed E-state index contributed by atoms with van der Waals surface area (Å²) in [6.07, 6.45) is -1.11. The van der Waals surface area contributed by atoms with Gasteiger partial charge in [-0.05, 0) is 60.8 Å². The Bertz CT molecular complexity index is 499. The molecule has 0 N–H and O–H groups in total. The summed E-state index contributed by atoms with van der Waals surface area (Å²) < 4.78 is 30.2. The summed E-state index contributed by atoms with van der Waals surface area (Å²) in [6.45, 7) is 20.8. The fraction of sp³-hybridized carbons (Fsp3) is 0.947. The Morgan fingerprint density at radius 1 is 0.963 bits per heavy atom. The zero-order chi connectivity index (χ0) is 21.6. The lowest BCUT2D eigenvalue weighted by molar-refractivity contribution is -0.264. The van der Waals surface area contributed by atoms with Gasteiger partial charge in [-0.2, -0.15) is 5.06 Å². The van der Waals surface area contributed by atoms with Crippen LogP contribution in [0.5, 0.6) is 0 Å². The number of rotatable bonds is 10. The molecule has 0 radical (unpaired) electrons. The molecule has 0 amide bonds. The van der Waals surface area contributed by atoms with Crippen LogP contribution in [-0.2, 0) is 28.0 Å². The van der Waals surface area contributed by atoms with E-state index >= 15 is 0 Å². The highest BCUT2D eigenvalue weighted by molar-refractivity contribution is 7.54. The number of carbonyl (C=O) groups excluding carboxylic acids is 1. The van der Waals surface area contributed by atoms with Crippen LogP contribution in [-0.4, -0.2) is 47.8 Å². The number of hydrogen-bond donors (Lipinski definition) is 0. The third-order valence-corrected chi connectivity index (χ3v) is 6.35. The number of hydrogen-bond acceptors (Lipinski definition) is 7. The molecule has 0 aliphatic carbocycles. The quantitative estimate of drug-likeness (QED) is 0.286. The molecule has 0 aromatic heterocycles. The van der Waals surface area contributed by atoms with E-state index in [1.54, 1.807) is 39.7 Å². The third-order valence-electron chi connectivity index (χ3n) is 3.53. The summed E-state index contributed by atoms with van der Waals surface area (Å²) in [5, 5.41) is 1.59. The molecule has 0 aromatic carbocycles. The number of hydroxylamine groups is 2. The van der Waals surface area contributed by atoms with Crippen LogP contribution in [0.25, 0.3) is 0 Å². The topological polar surface area (TPSA) is 74.3 Å². The Morgan fingerprint density at radius 3 is 1.70 bits per heavy atom. The molecular weight excluding hydrogens is 369 g/mol. The Balaban J connectivity index is 6.07. The average Bonchev–Trinajstić information content (AvgIpc) is 2.43. The Morgan fingerprint density at radius 2 is 1.41 bits per heavy atom. The van der Waals surface area contributed by atoms with Crippen LogP contribution < -0.4 is 0 Å². The van der Waals surface area contributed by atoms with E-state index in [-0.39, 0.29) is 19.3 Å². The minimum absolute atomic E-state index is 0.243. The van der Waals surface area contributed by atoms with Crippen molar-refractivity contribution in [3.63, 3.8) is 0 Å². The molecule has 2 unspecified atom stereocenters. The molecule has 0 saturated heterocycles. The number of nitrogens with zero attached hydrogens (tertiary/aromatic N) is 1. The Hall–Kier alpha value is -0.460. The highest BCUT2D eigenvalue weighted by Gasteiger charge is 2.52. The van der Waals surface area contributed by atoms with Crippen molar-refractivity contribution in [2.45, 2.75) is 99.7 Å². The van der Waals surface area contributed by atoms with Gasteiger partial charge in [0.15, 0.2) is 6.10 Å². The third kappa shape index (κ3) is 8.20. The normalized spacial score (nSPS) is 15.9. The van der Waals surface area contributed by atoms with Gasteiger partial charge in [-0.25, -0.2) is 4.79 Å². The molecule has 27 heavy (non-hydrogen) atoms. The van der Waals surface area contributed by atoms with E-state index in [0.29, 0.717) is 0 Å². The summed E-state index contributed by atoms with van der Waals surface area (Å²) in [6, 6.07) is 0. The second kappa shape index (κ2) is 10.4. The molecule has 0 aliphatic heterocycles. The minimum Gasteiger partial charge on any atom is -0.461 e. The standard InChI is InChI=1S/C19H40NO6P/c1-12-23-27(22,24-13-2)17(18(6,7)8)20(19(9,10)11)26-15(5)16(21)25-14(3)4/h14-15,17H,12-13H2,1-11H3. The number of esters is 1.